The monoisotopic (exact) mass is 682 g/mol. The van der Waals surface area contributed by atoms with Crippen molar-refractivity contribution in [1.29, 1.82) is 0 Å². The van der Waals surface area contributed by atoms with Crippen LogP contribution < -0.4 is 14.8 Å². The fourth-order valence-electron chi connectivity index (χ4n) is 6.76. The van der Waals surface area contributed by atoms with E-state index in [1.54, 1.807) is 18.5 Å². The lowest BCUT2D eigenvalue weighted by atomic mass is 9.98. The van der Waals surface area contributed by atoms with Crippen molar-refractivity contribution < 1.29 is 33.9 Å². The second-order valence-corrected chi connectivity index (χ2v) is 12.3. The van der Waals surface area contributed by atoms with Crippen LogP contribution in [0, 0.1) is 0 Å². The third-order valence-electron chi connectivity index (χ3n) is 9.26. The van der Waals surface area contributed by atoms with Crippen LogP contribution in [0.4, 0.5) is 0 Å². The number of pyridine rings is 1. The van der Waals surface area contributed by atoms with Crippen molar-refractivity contribution in [2.45, 2.75) is 31.7 Å². The molecule has 1 aliphatic carbocycles. The van der Waals surface area contributed by atoms with Crippen molar-refractivity contribution in [1.82, 2.24) is 25.0 Å². The summed E-state index contributed by atoms with van der Waals surface area (Å²) in [5, 5.41) is 20.0. The summed E-state index contributed by atoms with van der Waals surface area (Å²) in [6, 6.07) is 21.0. The van der Waals surface area contributed by atoms with Crippen molar-refractivity contribution in [3.05, 3.63) is 114 Å². The van der Waals surface area contributed by atoms with E-state index in [2.05, 4.69) is 21.5 Å². The lowest BCUT2D eigenvalue weighted by Gasteiger charge is -2.27. The molecule has 13 nitrogen and oxygen atoms in total. The third-order valence-corrected chi connectivity index (χ3v) is 9.26. The van der Waals surface area contributed by atoms with Crippen LogP contribution >= 0.6 is 0 Å². The molecule has 0 saturated carbocycles. The first-order valence-corrected chi connectivity index (χ1v) is 16.4. The molecule has 13 heteroatoms. The molecule has 0 spiro atoms. The zero-order chi connectivity index (χ0) is 35.1. The number of ether oxygens (including phenoxy) is 2. The lowest BCUT2D eigenvalue weighted by Crippen LogP contribution is -2.54. The Labute approximate surface area is 291 Å². The molecule has 4 amide bonds. The van der Waals surface area contributed by atoms with Gasteiger partial charge in [-0.15, -0.1) is 0 Å². The van der Waals surface area contributed by atoms with Gasteiger partial charge in [0.05, 0.1) is 22.5 Å². The van der Waals surface area contributed by atoms with Gasteiger partial charge in [-0.2, -0.15) is 5.10 Å². The highest BCUT2D eigenvalue weighted by atomic mass is 16.5. The van der Waals surface area contributed by atoms with Crippen LogP contribution in [0.5, 0.6) is 11.5 Å². The fourth-order valence-corrected chi connectivity index (χ4v) is 6.76. The Morgan fingerprint density at radius 2 is 1.55 bits per heavy atom. The van der Waals surface area contributed by atoms with Gasteiger partial charge in [-0.05, 0) is 72.9 Å². The minimum absolute atomic E-state index is 0.0512. The smallest absolute Gasteiger partial charge is 0.262 e. The number of rotatable bonds is 9. The van der Waals surface area contributed by atoms with Crippen LogP contribution in [0.1, 0.15) is 51.1 Å². The average Bonchev–Trinajstić information content (AvgIpc) is 3.85. The van der Waals surface area contributed by atoms with Crippen LogP contribution in [-0.2, 0) is 16.0 Å². The van der Waals surface area contributed by atoms with Gasteiger partial charge in [0.1, 0.15) is 36.4 Å². The molecule has 1 unspecified atom stereocenters. The number of hydrogen-bond donors (Lipinski definition) is 2. The van der Waals surface area contributed by atoms with E-state index in [0.29, 0.717) is 23.6 Å². The Bertz CT molecular complexity index is 2260. The number of nitrogens with zero attached hydrogens (tertiary/aromatic N) is 5. The summed E-state index contributed by atoms with van der Waals surface area (Å²) in [6.45, 7) is 0.345. The molecule has 8 rings (SSSR count). The van der Waals surface area contributed by atoms with Gasteiger partial charge in [0.15, 0.2) is 0 Å². The van der Waals surface area contributed by atoms with Crippen molar-refractivity contribution >= 4 is 29.3 Å². The SMILES string of the molecule is O=C1CCC(N2C(=O)c3ccc(OCCOc4cccc(-n5cc(-c6ccc7c(c6)CC/C7=N\O)c(-c6ccncc6)n5)c4)cc3C2=O)C(=O)N1. The summed E-state index contributed by atoms with van der Waals surface area (Å²) in [4.78, 5) is 55.1. The van der Waals surface area contributed by atoms with Crippen LogP contribution in [0.3, 0.4) is 0 Å². The first-order valence-electron chi connectivity index (χ1n) is 16.4. The quantitative estimate of drug-likeness (QED) is 0.0980. The minimum Gasteiger partial charge on any atom is -0.490 e. The van der Waals surface area contributed by atoms with E-state index in [-0.39, 0.29) is 37.2 Å². The zero-order valence-corrected chi connectivity index (χ0v) is 27.1. The number of aryl methyl sites for hydroxylation is 1. The summed E-state index contributed by atoms with van der Waals surface area (Å²) in [5.74, 6) is -1.29. The van der Waals surface area contributed by atoms with Gasteiger partial charge >= 0.3 is 0 Å². The topological polar surface area (TPSA) is 165 Å². The minimum atomic E-state index is -1.03. The largest absolute Gasteiger partial charge is 0.490 e. The number of oxime groups is 1. The van der Waals surface area contributed by atoms with Gasteiger partial charge < -0.3 is 14.7 Å². The number of nitrogens with one attached hydrogen (secondary N) is 1. The van der Waals surface area contributed by atoms with Crippen molar-refractivity contribution in [3.8, 4) is 39.6 Å². The van der Waals surface area contributed by atoms with Crippen LogP contribution in [0.2, 0.25) is 0 Å². The van der Waals surface area contributed by atoms with E-state index < -0.39 is 29.7 Å². The molecule has 3 aromatic carbocycles. The molecule has 0 radical (unpaired) electrons. The van der Waals surface area contributed by atoms with E-state index >= 15 is 0 Å². The normalized spacial score (nSPS) is 17.5. The Morgan fingerprint density at radius 3 is 2.33 bits per heavy atom. The van der Waals surface area contributed by atoms with Gasteiger partial charge in [0.2, 0.25) is 11.8 Å². The average molecular weight is 683 g/mol. The maximum Gasteiger partial charge on any atom is 0.262 e. The van der Waals surface area contributed by atoms with Crippen LogP contribution in [0.25, 0.3) is 28.1 Å². The maximum absolute atomic E-state index is 13.1. The number of hydrogen-bond acceptors (Lipinski definition) is 10. The summed E-state index contributed by atoms with van der Waals surface area (Å²) in [5.41, 5.74) is 7.54. The van der Waals surface area contributed by atoms with Gasteiger partial charge in [-0.3, -0.25) is 34.4 Å². The second kappa shape index (κ2) is 13.0. The van der Waals surface area contributed by atoms with E-state index in [1.807, 2.05) is 59.4 Å². The standard InChI is InChI=1S/C38H30N6O7/c45-34-11-10-33(36(46)40-34)44-37(47)29-8-6-27(20-30(29)38(44)48)51-17-16-50-26-3-1-2-25(19-26)43-21-31(35(41-43)22-12-14-39-15-13-22)24-4-7-28-23(18-24)5-9-32(28)42-49/h1-4,6-8,12-15,18-21,33,49H,5,9-11,16-17H2,(H,40,45,46)/b42-32+. The predicted molar refractivity (Wildman–Crippen MR) is 183 cm³/mol. The fraction of sp³-hybridized carbons (Fsp3) is 0.184. The highest BCUT2D eigenvalue weighted by Crippen LogP contribution is 2.35. The van der Waals surface area contributed by atoms with Gasteiger partial charge in [0, 0.05) is 47.8 Å². The second-order valence-electron chi connectivity index (χ2n) is 12.3. The van der Waals surface area contributed by atoms with Gasteiger partial charge in [0.25, 0.3) is 11.8 Å². The lowest BCUT2D eigenvalue weighted by molar-refractivity contribution is -0.136. The summed E-state index contributed by atoms with van der Waals surface area (Å²) >= 11 is 0. The zero-order valence-electron chi connectivity index (χ0n) is 27.1. The van der Waals surface area contributed by atoms with Crippen molar-refractivity contribution in [3.63, 3.8) is 0 Å². The summed E-state index contributed by atoms with van der Waals surface area (Å²) < 4.78 is 13.7. The van der Waals surface area contributed by atoms with Gasteiger partial charge in [-0.25, -0.2) is 4.68 Å². The molecule has 2 N–H and O–H groups in total. The molecule has 254 valence electrons. The third kappa shape index (κ3) is 5.88. The molecule has 1 saturated heterocycles. The number of aromatic nitrogens is 3. The highest BCUT2D eigenvalue weighted by molar-refractivity contribution is 6.23. The Morgan fingerprint density at radius 1 is 0.784 bits per heavy atom. The van der Waals surface area contributed by atoms with E-state index in [4.69, 9.17) is 14.6 Å². The molecular formula is C38H30N6O7. The number of piperidine rings is 1. The molecule has 51 heavy (non-hydrogen) atoms. The predicted octanol–water partition coefficient (Wildman–Crippen LogP) is 4.58. The van der Waals surface area contributed by atoms with Crippen molar-refractivity contribution in [2.75, 3.05) is 13.2 Å². The Balaban J connectivity index is 0.957. The van der Waals surface area contributed by atoms with Crippen molar-refractivity contribution in [2.24, 2.45) is 5.16 Å². The molecule has 0 bridgehead atoms. The Hall–Kier alpha value is -6.63. The molecular weight excluding hydrogens is 652 g/mol. The highest BCUT2D eigenvalue weighted by Gasteiger charge is 2.44. The number of amides is 4. The molecule has 4 heterocycles. The molecule has 2 aromatic heterocycles. The number of fused-ring (bicyclic) bond motifs is 2. The molecule has 2 aliphatic heterocycles. The van der Waals surface area contributed by atoms with Crippen LogP contribution in [0.15, 0.2) is 96.5 Å². The number of carbonyl (C=O) groups excluding carboxylic acids is 4. The van der Waals surface area contributed by atoms with Gasteiger partial charge in [-0.1, -0.05) is 29.4 Å². The maximum atomic E-state index is 13.1. The molecule has 1 atom stereocenters. The van der Waals surface area contributed by atoms with E-state index in [0.717, 1.165) is 50.5 Å². The number of imide groups is 2. The summed E-state index contributed by atoms with van der Waals surface area (Å²) in [7, 11) is 0. The van der Waals surface area contributed by atoms with E-state index in [9.17, 15) is 24.4 Å². The number of carbonyl (C=O) groups is 4. The first-order chi connectivity index (χ1) is 24.9. The molecule has 5 aromatic rings. The number of benzene rings is 3. The Kier molecular flexibility index (Phi) is 8.07. The summed E-state index contributed by atoms with van der Waals surface area (Å²) in [6.07, 6.45) is 7.09. The van der Waals surface area contributed by atoms with E-state index in [1.165, 1.54) is 12.1 Å². The molecule has 3 aliphatic rings. The molecule has 1 fully saturated rings. The van der Waals surface area contributed by atoms with Crippen LogP contribution in [-0.4, -0.2) is 73.5 Å². The first kappa shape index (κ1) is 31.6.